The summed E-state index contributed by atoms with van der Waals surface area (Å²) in [4.78, 5) is 26.6. The van der Waals surface area contributed by atoms with Crippen LogP contribution in [0.4, 0.5) is 4.79 Å². The molecule has 8 atom stereocenters. The Morgan fingerprint density at radius 2 is 2.11 bits per heavy atom. The lowest BCUT2D eigenvalue weighted by Gasteiger charge is -2.60. The number of carbonyl (C=O) groups is 2. The van der Waals surface area contributed by atoms with Crippen LogP contribution < -0.4 is 10.6 Å². The molecule has 7 nitrogen and oxygen atoms in total. The Hall–Kier alpha value is -1.86. The molecular formula is C29H43N3O4. The normalized spacial score (nSPS) is 44.1. The molecule has 3 N–H and O–H groups in total. The van der Waals surface area contributed by atoms with Crippen molar-refractivity contribution in [3.05, 3.63) is 23.3 Å². The van der Waals surface area contributed by atoms with E-state index in [1.54, 1.807) is 11.6 Å². The van der Waals surface area contributed by atoms with Crippen molar-refractivity contribution in [3.63, 3.8) is 0 Å². The number of fused-ring (bicyclic) bond motifs is 5. The molecule has 0 aromatic rings. The molecule has 3 saturated carbocycles. The molecule has 0 unspecified atom stereocenters. The van der Waals surface area contributed by atoms with E-state index in [4.69, 9.17) is 4.74 Å². The molecule has 198 valence electrons. The lowest BCUT2D eigenvalue weighted by molar-refractivity contribution is -0.135. The SMILES string of the molecule is C[C@]12CC[C@H](NC(=O)N3CCNC[C@@H]3CO)C[C@H]1CC[C@H]1C3=CC[C@H](C4=CC(=O)OC4)[C@@]3(C)CC[C@@H]12. The minimum absolute atomic E-state index is 0.00268. The Morgan fingerprint density at radius 1 is 1.25 bits per heavy atom. The highest BCUT2D eigenvalue weighted by atomic mass is 16.5. The molecule has 2 amide bonds. The number of nitrogens with zero attached hydrogens (tertiary/aromatic N) is 1. The van der Waals surface area contributed by atoms with Crippen molar-refractivity contribution in [2.24, 2.45) is 34.5 Å². The summed E-state index contributed by atoms with van der Waals surface area (Å²) in [5.41, 5.74) is 3.38. The van der Waals surface area contributed by atoms with Crippen molar-refractivity contribution >= 4 is 12.0 Å². The van der Waals surface area contributed by atoms with E-state index in [1.807, 2.05) is 4.90 Å². The zero-order chi connectivity index (χ0) is 25.1. The highest BCUT2D eigenvalue weighted by Gasteiger charge is 2.58. The predicted octanol–water partition coefficient (Wildman–Crippen LogP) is 3.39. The number of hydrogen-bond acceptors (Lipinski definition) is 5. The van der Waals surface area contributed by atoms with E-state index < -0.39 is 0 Å². The predicted molar refractivity (Wildman–Crippen MR) is 137 cm³/mol. The van der Waals surface area contributed by atoms with Crippen LogP contribution in [0.2, 0.25) is 0 Å². The number of urea groups is 1. The maximum Gasteiger partial charge on any atom is 0.331 e. The van der Waals surface area contributed by atoms with Gasteiger partial charge in [-0.2, -0.15) is 0 Å². The smallest absolute Gasteiger partial charge is 0.331 e. The van der Waals surface area contributed by atoms with Crippen LogP contribution in [0.5, 0.6) is 0 Å². The first-order chi connectivity index (χ1) is 17.3. The van der Waals surface area contributed by atoms with E-state index in [0.717, 1.165) is 25.8 Å². The van der Waals surface area contributed by atoms with Gasteiger partial charge in [0.25, 0.3) is 0 Å². The van der Waals surface area contributed by atoms with Crippen LogP contribution in [0, 0.1) is 34.5 Å². The van der Waals surface area contributed by atoms with Crippen LogP contribution in [0.1, 0.15) is 65.2 Å². The van der Waals surface area contributed by atoms with E-state index in [9.17, 15) is 14.7 Å². The van der Waals surface area contributed by atoms with Crippen molar-refractivity contribution in [2.45, 2.75) is 77.3 Å². The van der Waals surface area contributed by atoms with Gasteiger partial charge in [0.2, 0.25) is 0 Å². The average molecular weight is 498 g/mol. The number of ether oxygens (including phenoxy) is 1. The summed E-state index contributed by atoms with van der Waals surface area (Å²) in [6.45, 7) is 7.59. The molecule has 0 radical (unpaired) electrons. The third kappa shape index (κ3) is 3.84. The Bertz CT molecular complexity index is 978. The van der Waals surface area contributed by atoms with E-state index >= 15 is 0 Å². The van der Waals surface area contributed by atoms with Crippen molar-refractivity contribution in [1.82, 2.24) is 15.5 Å². The van der Waals surface area contributed by atoms with Crippen molar-refractivity contribution < 1.29 is 19.4 Å². The molecule has 0 aromatic heterocycles. The maximum atomic E-state index is 13.1. The van der Waals surface area contributed by atoms with Gasteiger partial charge in [-0.15, -0.1) is 0 Å². The zero-order valence-electron chi connectivity index (χ0n) is 21.9. The van der Waals surface area contributed by atoms with Crippen LogP contribution in [0.15, 0.2) is 23.3 Å². The number of aliphatic hydroxyl groups is 1. The van der Waals surface area contributed by atoms with Gasteiger partial charge in [0, 0.05) is 31.8 Å². The van der Waals surface area contributed by atoms with Crippen LogP contribution in [-0.2, 0) is 9.53 Å². The monoisotopic (exact) mass is 497 g/mol. The van der Waals surface area contributed by atoms with Crippen LogP contribution >= 0.6 is 0 Å². The first-order valence-electron chi connectivity index (χ1n) is 14.3. The Labute approximate surface area is 215 Å². The fourth-order valence-corrected chi connectivity index (χ4v) is 9.32. The molecular weight excluding hydrogens is 454 g/mol. The quantitative estimate of drug-likeness (QED) is 0.411. The van der Waals surface area contributed by atoms with Gasteiger partial charge < -0.3 is 25.4 Å². The summed E-state index contributed by atoms with van der Waals surface area (Å²) in [5.74, 6) is 2.28. The van der Waals surface area contributed by atoms with Gasteiger partial charge in [0.05, 0.1) is 12.6 Å². The number of nitrogens with one attached hydrogen (secondary N) is 2. The molecule has 4 aliphatic carbocycles. The van der Waals surface area contributed by atoms with Gasteiger partial charge in [-0.1, -0.05) is 25.5 Å². The first kappa shape index (κ1) is 24.5. The molecule has 0 bridgehead atoms. The number of cyclic esters (lactones) is 1. The topological polar surface area (TPSA) is 90.9 Å². The Balaban J connectivity index is 1.13. The van der Waals surface area contributed by atoms with Crippen LogP contribution in [-0.4, -0.2) is 66.9 Å². The van der Waals surface area contributed by atoms with E-state index in [0.29, 0.717) is 48.8 Å². The first-order valence-corrected chi connectivity index (χ1v) is 14.3. The van der Waals surface area contributed by atoms with Crippen molar-refractivity contribution in [1.29, 1.82) is 0 Å². The maximum absolute atomic E-state index is 13.1. The fourth-order valence-electron chi connectivity index (χ4n) is 9.32. The second-order valence-electron chi connectivity index (χ2n) is 12.9. The minimum atomic E-state index is -0.170. The van der Waals surface area contributed by atoms with E-state index in [2.05, 4.69) is 30.6 Å². The molecule has 4 fully saturated rings. The van der Waals surface area contributed by atoms with Gasteiger partial charge in [0.15, 0.2) is 0 Å². The number of esters is 1. The number of carbonyl (C=O) groups excluding carboxylic acids is 2. The summed E-state index contributed by atoms with van der Waals surface area (Å²) >= 11 is 0. The summed E-state index contributed by atoms with van der Waals surface area (Å²) in [6, 6.07) is 0.0991. The average Bonchev–Trinajstić information content (AvgIpc) is 3.46. The second-order valence-corrected chi connectivity index (χ2v) is 12.9. The zero-order valence-corrected chi connectivity index (χ0v) is 21.9. The van der Waals surface area contributed by atoms with Crippen LogP contribution in [0.25, 0.3) is 0 Å². The summed E-state index contributed by atoms with van der Waals surface area (Å²) in [7, 11) is 0. The highest BCUT2D eigenvalue weighted by molar-refractivity contribution is 5.85. The number of rotatable bonds is 3. The molecule has 0 aromatic carbocycles. The molecule has 7 heteroatoms. The molecule has 0 spiro atoms. The highest BCUT2D eigenvalue weighted by Crippen LogP contribution is 2.66. The summed E-state index contributed by atoms with van der Waals surface area (Å²) in [6.07, 6.45) is 13.6. The number of amides is 2. The minimum Gasteiger partial charge on any atom is -0.458 e. The van der Waals surface area contributed by atoms with Gasteiger partial charge in [0.1, 0.15) is 6.61 Å². The molecule has 36 heavy (non-hydrogen) atoms. The number of piperazine rings is 1. The van der Waals surface area contributed by atoms with Crippen LogP contribution in [0.3, 0.4) is 0 Å². The number of aliphatic hydroxyl groups excluding tert-OH is 1. The summed E-state index contributed by atoms with van der Waals surface area (Å²) in [5, 5.41) is 16.3. The van der Waals surface area contributed by atoms with Gasteiger partial charge in [-0.25, -0.2) is 9.59 Å². The number of allylic oxidation sites excluding steroid dienone is 2. The van der Waals surface area contributed by atoms with Gasteiger partial charge >= 0.3 is 12.0 Å². The molecule has 2 heterocycles. The molecule has 6 rings (SSSR count). The van der Waals surface area contributed by atoms with Gasteiger partial charge in [-0.3, -0.25) is 0 Å². The molecule has 1 saturated heterocycles. The third-order valence-corrected chi connectivity index (χ3v) is 11.3. The Morgan fingerprint density at radius 3 is 2.89 bits per heavy atom. The largest absolute Gasteiger partial charge is 0.458 e. The second kappa shape index (κ2) is 9.16. The number of hydrogen-bond donors (Lipinski definition) is 3. The third-order valence-electron chi connectivity index (χ3n) is 11.3. The summed E-state index contributed by atoms with van der Waals surface area (Å²) < 4.78 is 5.28. The standard InChI is InChI=1S/C29H43N3O4/c1-28-9-7-20(31-27(35)32-12-11-30-15-21(32)16-33)14-19(28)3-4-22-24-6-5-23(18-13-26(34)36-17-18)29(24,2)10-8-25(22)28/h6,13,19-23,25,30,33H,3-5,7-12,14-17H2,1-2H3,(H,31,35)/t19-,20+,21-,22+,23-,25+,28+,29-/m1/s1. The molecule has 2 aliphatic heterocycles. The lowest BCUT2D eigenvalue weighted by atomic mass is 9.45. The lowest BCUT2D eigenvalue weighted by Crippen LogP contribution is -2.60. The van der Waals surface area contributed by atoms with Crippen molar-refractivity contribution in [3.8, 4) is 0 Å². The van der Waals surface area contributed by atoms with Gasteiger partial charge in [-0.05, 0) is 91.4 Å². The fraction of sp³-hybridized carbons (Fsp3) is 0.793. The van der Waals surface area contributed by atoms with E-state index in [-0.39, 0.29) is 36.1 Å². The Kier molecular flexibility index (Phi) is 6.23. The van der Waals surface area contributed by atoms with Crippen molar-refractivity contribution in [2.75, 3.05) is 32.8 Å². The van der Waals surface area contributed by atoms with E-state index in [1.165, 1.54) is 37.7 Å². The molecule has 6 aliphatic rings.